The molecule has 31 heavy (non-hydrogen) atoms. The average molecular weight is 483 g/mol. The minimum absolute atomic E-state index is 0.0700. The number of carbonyl (C=O) groups is 2. The third kappa shape index (κ3) is 4.66. The number of nitrogens with zero attached hydrogens (tertiary/aromatic N) is 1. The van der Waals surface area contributed by atoms with Crippen molar-refractivity contribution >= 4 is 50.6 Å². The Balaban J connectivity index is 1.45. The standard InChI is InChI=1S/C21H20Cl2N2O5S/c1-31(28,29)24-15-4-2-13(3-5-15)20(27)25-8-6-21(7-9-25)12-18(26)16-10-14(22)11-17(23)19(16)30-21/h2-5,10-11,24H,6-9,12H2,1H3. The summed E-state index contributed by atoms with van der Waals surface area (Å²) in [5.41, 5.74) is 0.547. The Morgan fingerprint density at radius 1 is 1.13 bits per heavy atom. The van der Waals surface area contributed by atoms with E-state index in [1.807, 2.05) is 0 Å². The van der Waals surface area contributed by atoms with E-state index in [2.05, 4.69) is 4.72 Å². The van der Waals surface area contributed by atoms with Crippen LogP contribution in [0.4, 0.5) is 5.69 Å². The quantitative estimate of drug-likeness (QED) is 0.713. The number of nitrogens with one attached hydrogen (secondary N) is 1. The Bertz CT molecular complexity index is 1160. The van der Waals surface area contributed by atoms with E-state index < -0.39 is 15.6 Å². The minimum Gasteiger partial charge on any atom is -0.484 e. The van der Waals surface area contributed by atoms with E-state index in [-0.39, 0.29) is 18.1 Å². The first-order valence-corrected chi connectivity index (χ1v) is 12.3. The molecule has 2 aromatic carbocycles. The molecule has 2 aliphatic rings. The van der Waals surface area contributed by atoms with E-state index >= 15 is 0 Å². The topological polar surface area (TPSA) is 92.8 Å². The maximum atomic E-state index is 12.9. The largest absolute Gasteiger partial charge is 0.484 e. The molecule has 0 bridgehead atoms. The Labute approximate surface area is 190 Å². The van der Waals surface area contributed by atoms with Gasteiger partial charge in [-0.1, -0.05) is 23.2 Å². The lowest BCUT2D eigenvalue weighted by Crippen LogP contribution is -2.52. The van der Waals surface area contributed by atoms with Gasteiger partial charge in [0.25, 0.3) is 5.91 Å². The molecule has 4 rings (SSSR count). The van der Waals surface area contributed by atoms with Crippen LogP contribution < -0.4 is 9.46 Å². The number of amides is 1. The summed E-state index contributed by atoms with van der Waals surface area (Å²) in [4.78, 5) is 27.3. The van der Waals surface area contributed by atoms with Crippen molar-refractivity contribution in [3.8, 4) is 5.75 Å². The molecule has 164 valence electrons. The number of anilines is 1. The predicted molar refractivity (Wildman–Crippen MR) is 119 cm³/mol. The van der Waals surface area contributed by atoms with Gasteiger partial charge in [-0.25, -0.2) is 8.42 Å². The van der Waals surface area contributed by atoms with E-state index in [0.717, 1.165) is 6.26 Å². The van der Waals surface area contributed by atoms with Gasteiger partial charge in [-0.15, -0.1) is 0 Å². The maximum absolute atomic E-state index is 12.9. The first kappa shape index (κ1) is 21.9. The Morgan fingerprint density at radius 2 is 1.77 bits per heavy atom. The van der Waals surface area contributed by atoms with Gasteiger partial charge in [0.2, 0.25) is 10.0 Å². The van der Waals surface area contributed by atoms with Gasteiger partial charge in [-0.05, 0) is 36.4 Å². The van der Waals surface area contributed by atoms with E-state index in [0.29, 0.717) is 58.5 Å². The molecule has 1 spiro atoms. The van der Waals surface area contributed by atoms with Crippen molar-refractivity contribution in [3.05, 3.63) is 57.6 Å². The summed E-state index contributed by atoms with van der Waals surface area (Å²) in [6, 6.07) is 9.38. The van der Waals surface area contributed by atoms with Gasteiger partial charge in [0.15, 0.2) is 5.78 Å². The fourth-order valence-electron chi connectivity index (χ4n) is 3.99. The van der Waals surface area contributed by atoms with E-state index in [1.54, 1.807) is 41.3 Å². The monoisotopic (exact) mass is 482 g/mol. The molecule has 2 aliphatic heterocycles. The smallest absolute Gasteiger partial charge is 0.253 e. The molecular weight excluding hydrogens is 463 g/mol. The number of fused-ring (bicyclic) bond motifs is 1. The highest BCUT2D eigenvalue weighted by atomic mass is 35.5. The van der Waals surface area contributed by atoms with Crippen LogP contribution in [-0.4, -0.2) is 50.0 Å². The SMILES string of the molecule is CS(=O)(=O)Nc1ccc(C(=O)N2CCC3(CC2)CC(=O)c2cc(Cl)cc(Cl)c2O3)cc1. The van der Waals surface area contributed by atoms with Crippen molar-refractivity contribution in [2.75, 3.05) is 24.1 Å². The zero-order valence-corrected chi connectivity index (χ0v) is 19.0. The van der Waals surface area contributed by atoms with Gasteiger partial charge in [0.1, 0.15) is 11.4 Å². The van der Waals surface area contributed by atoms with Gasteiger partial charge in [-0.2, -0.15) is 0 Å². The summed E-state index contributed by atoms with van der Waals surface area (Å²) in [5.74, 6) is 0.128. The van der Waals surface area contributed by atoms with Gasteiger partial charge >= 0.3 is 0 Å². The summed E-state index contributed by atoms with van der Waals surface area (Å²) in [5, 5.41) is 0.686. The number of hydrogen-bond donors (Lipinski definition) is 1. The molecule has 0 aromatic heterocycles. The molecule has 2 aromatic rings. The van der Waals surface area contributed by atoms with Crippen LogP contribution in [0, 0.1) is 0 Å². The Hall–Kier alpha value is -2.29. The number of piperidine rings is 1. The molecule has 10 heteroatoms. The summed E-state index contributed by atoms with van der Waals surface area (Å²) in [7, 11) is -3.38. The fraction of sp³-hybridized carbons (Fsp3) is 0.333. The van der Waals surface area contributed by atoms with Crippen LogP contribution in [-0.2, 0) is 10.0 Å². The lowest BCUT2D eigenvalue weighted by atomic mass is 9.82. The number of hydrogen-bond acceptors (Lipinski definition) is 5. The molecule has 1 amide bonds. The molecule has 0 aliphatic carbocycles. The summed E-state index contributed by atoms with van der Waals surface area (Å²) < 4.78 is 31.2. The summed E-state index contributed by atoms with van der Waals surface area (Å²) >= 11 is 12.3. The second-order valence-corrected chi connectivity index (χ2v) is 10.5. The average Bonchev–Trinajstić information content (AvgIpc) is 2.69. The second-order valence-electron chi connectivity index (χ2n) is 7.89. The number of rotatable bonds is 3. The lowest BCUT2D eigenvalue weighted by molar-refractivity contribution is -0.00565. The van der Waals surface area contributed by atoms with E-state index in [4.69, 9.17) is 27.9 Å². The molecule has 1 N–H and O–H groups in total. The molecular formula is C21H20Cl2N2O5S. The molecule has 7 nitrogen and oxygen atoms in total. The third-order valence-corrected chi connectivity index (χ3v) is 6.61. The number of benzene rings is 2. The normalized spacial score (nSPS) is 17.8. The Morgan fingerprint density at radius 3 is 2.39 bits per heavy atom. The van der Waals surface area contributed by atoms with Crippen LogP contribution in [0.5, 0.6) is 5.75 Å². The number of carbonyl (C=O) groups excluding carboxylic acids is 2. The molecule has 1 fully saturated rings. The van der Waals surface area contributed by atoms with Crippen molar-refractivity contribution in [2.24, 2.45) is 0 Å². The van der Waals surface area contributed by atoms with Gasteiger partial charge in [-0.3, -0.25) is 14.3 Å². The molecule has 0 radical (unpaired) electrons. The van der Waals surface area contributed by atoms with E-state index in [9.17, 15) is 18.0 Å². The van der Waals surface area contributed by atoms with Crippen molar-refractivity contribution in [3.63, 3.8) is 0 Å². The van der Waals surface area contributed by atoms with Crippen molar-refractivity contribution in [1.29, 1.82) is 0 Å². The van der Waals surface area contributed by atoms with Gasteiger partial charge in [0.05, 0.1) is 23.3 Å². The predicted octanol–water partition coefficient (Wildman–Crippen LogP) is 4.01. The highest BCUT2D eigenvalue weighted by Gasteiger charge is 2.44. The second kappa shape index (κ2) is 8.00. The van der Waals surface area contributed by atoms with Crippen molar-refractivity contribution in [2.45, 2.75) is 24.9 Å². The summed E-state index contributed by atoms with van der Waals surface area (Å²) in [6.07, 6.45) is 2.27. The molecule has 2 heterocycles. The van der Waals surface area contributed by atoms with Gasteiger partial charge < -0.3 is 9.64 Å². The van der Waals surface area contributed by atoms with Crippen molar-refractivity contribution < 1.29 is 22.7 Å². The highest BCUT2D eigenvalue weighted by molar-refractivity contribution is 7.92. The fourth-order valence-corrected chi connectivity index (χ4v) is 5.08. The van der Waals surface area contributed by atoms with Crippen LogP contribution >= 0.6 is 23.2 Å². The number of ketones is 1. The van der Waals surface area contributed by atoms with Crippen LogP contribution in [0.3, 0.4) is 0 Å². The first-order valence-electron chi connectivity index (χ1n) is 9.64. The zero-order valence-electron chi connectivity index (χ0n) is 16.7. The number of sulfonamides is 1. The molecule has 0 saturated carbocycles. The molecule has 0 unspecified atom stereocenters. The number of Topliss-reactive ketones (excluding diaryl/α,β-unsaturated/α-hetero) is 1. The third-order valence-electron chi connectivity index (χ3n) is 5.51. The number of likely N-dealkylation sites (tertiary alicyclic amines) is 1. The highest BCUT2D eigenvalue weighted by Crippen LogP contribution is 2.44. The zero-order chi connectivity index (χ0) is 22.4. The number of ether oxygens (including phenoxy) is 1. The van der Waals surface area contributed by atoms with Gasteiger partial charge in [0, 0.05) is 42.2 Å². The van der Waals surface area contributed by atoms with Crippen LogP contribution in [0.1, 0.15) is 40.0 Å². The first-order chi connectivity index (χ1) is 14.6. The summed E-state index contributed by atoms with van der Waals surface area (Å²) in [6.45, 7) is 0.853. The lowest BCUT2D eigenvalue weighted by Gasteiger charge is -2.44. The molecule has 0 atom stereocenters. The maximum Gasteiger partial charge on any atom is 0.253 e. The molecule has 1 saturated heterocycles. The van der Waals surface area contributed by atoms with Crippen LogP contribution in [0.15, 0.2) is 36.4 Å². The Kier molecular flexibility index (Phi) is 5.66. The van der Waals surface area contributed by atoms with Crippen molar-refractivity contribution in [1.82, 2.24) is 4.90 Å². The van der Waals surface area contributed by atoms with E-state index in [1.165, 1.54) is 0 Å². The van der Waals surface area contributed by atoms with Crippen LogP contribution in [0.25, 0.3) is 0 Å². The number of halogens is 2. The van der Waals surface area contributed by atoms with Crippen LogP contribution in [0.2, 0.25) is 10.0 Å². The minimum atomic E-state index is -3.38.